The molecule has 106 valence electrons. The second kappa shape index (κ2) is 6.98. The second-order valence-corrected chi connectivity index (χ2v) is 3.93. The highest BCUT2D eigenvalue weighted by molar-refractivity contribution is 5.93. The van der Waals surface area contributed by atoms with Crippen LogP contribution in [0.5, 0.6) is 0 Å². The maximum absolute atomic E-state index is 12.4. The number of halogens is 3. The van der Waals surface area contributed by atoms with Crippen molar-refractivity contribution in [3.63, 3.8) is 0 Å². The third kappa shape index (κ3) is 5.17. The molecule has 1 aromatic carbocycles. The van der Waals surface area contributed by atoms with Gasteiger partial charge in [0.15, 0.2) is 0 Å². The summed E-state index contributed by atoms with van der Waals surface area (Å²) < 4.78 is 37.1. The number of alkyl halides is 3. The first-order valence-electron chi connectivity index (χ1n) is 5.92. The van der Waals surface area contributed by atoms with Crippen LogP contribution >= 0.6 is 0 Å². The van der Waals surface area contributed by atoms with Crippen LogP contribution in [0.2, 0.25) is 0 Å². The lowest BCUT2D eigenvalue weighted by atomic mass is 10.2. The molecule has 0 bridgehead atoms. The first-order chi connectivity index (χ1) is 8.97. The van der Waals surface area contributed by atoms with Crippen LogP contribution in [-0.4, -0.2) is 12.5 Å². The third-order valence-electron chi connectivity index (χ3n) is 2.39. The van der Waals surface area contributed by atoms with Crippen molar-refractivity contribution in [2.75, 3.05) is 11.9 Å². The van der Waals surface area contributed by atoms with Gasteiger partial charge in [-0.3, -0.25) is 10.4 Å². The van der Waals surface area contributed by atoms with Gasteiger partial charge in [-0.25, -0.2) is 5.84 Å². The lowest BCUT2D eigenvalue weighted by Crippen LogP contribution is -2.36. The quantitative estimate of drug-likeness (QED) is 0.260. The monoisotopic (exact) mass is 274 g/mol. The topological polar surface area (TPSA) is 62.4 Å². The molecule has 0 aliphatic rings. The Kier molecular flexibility index (Phi) is 5.62. The van der Waals surface area contributed by atoms with Crippen LogP contribution in [0, 0.1) is 0 Å². The molecular weight excluding hydrogens is 257 g/mol. The number of aliphatic imine (C=N–C) groups is 1. The van der Waals surface area contributed by atoms with E-state index in [2.05, 4.69) is 15.7 Å². The summed E-state index contributed by atoms with van der Waals surface area (Å²) in [6.07, 6.45) is -2.41. The molecule has 0 amide bonds. The maximum atomic E-state index is 12.4. The van der Waals surface area contributed by atoms with E-state index in [1.165, 1.54) is 12.1 Å². The molecule has 4 N–H and O–H groups in total. The highest BCUT2D eigenvalue weighted by atomic mass is 19.4. The molecule has 1 aromatic rings. The Labute approximate surface area is 109 Å². The van der Waals surface area contributed by atoms with Gasteiger partial charge in [-0.05, 0) is 30.7 Å². The lowest BCUT2D eigenvalue weighted by molar-refractivity contribution is -0.137. The molecule has 7 heteroatoms. The lowest BCUT2D eigenvalue weighted by Gasteiger charge is -2.11. The number of benzene rings is 1. The Morgan fingerprint density at radius 2 is 1.89 bits per heavy atom. The molecule has 0 radical (unpaired) electrons. The summed E-state index contributed by atoms with van der Waals surface area (Å²) in [5.74, 6) is 5.61. The minimum absolute atomic E-state index is 0.327. The van der Waals surface area contributed by atoms with Crippen LogP contribution in [0.15, 0.2) is 29.3 Å². The van der Waals surface area contributed by atoms with Crippen molar-refractivity contribution < 1.29 is 13.2 Å². The van der Waals surface area contributed by atoms with Gasteiger partial charge in [0.2, 0.25) is 5.96 Å². The first-order valence-corrected chi connectivity index (χ1v) is 5.92. The minimum atomic E-state index is -4.33. The van der Waals surface area contributed by atoms with E-state index < -0.39 is 11.7 Å². The van der Waals surface area contributed by atoms with Crippen molar-refractivity contribution in [2.45, 2.75) is 25.9 Å². The molecule has 0 heterocycles. The van der Waals surface area contributed by atoms with Gasteiger partial charge in [0.1, 0.15) is 0 Å². The van der Waals surface area contributed by atoms with Crippen LogP contribution in [0.25, 0.3) is 0 Å². The van der Waals surface area contributed by atoms with Crippen LogP contribution in [0.4, 0.5) is 18.9 Å². The molecule has 0 fully saturated rings. The zero-order chi connectivity index (χ0) is 14.3. The summed E-state index contributed by atoms with van der Waals surface area (Å²) in [4.78, 5) is 4.15. The second-order valence-electron chi connectivity index (χ2n) is 3.93. The number of unbranched alkanes of at least 4 members (excludes halogenated alkanes) is 1. The van der Waals surface area contributed by atoms with Crippen LogP contribution < -0.4 is 16.6 Å². The molecule has 1 rings (SSSR count). The summed E-state index contributed by atoms with van der Waals surface area (Å²) >= 11 is 0. The molecule has 4 nitrogen and oxygen atoms in total. The Morgan fingerprint density at radius 1 is 1.26 bits per heavy atom. The van der Waals surface area contributed by atoms with Crippen LogP contribution in [-0.2, 0) is 6.18 Å². The standard InChI is InChI=1S/C12H17F3N4/c1-2-3-8-17-11(19-16)18-10-6-4-9(5-7-10)12(13,14)15/h4-7H,2-3,8,16H2,1H3,(H2,17,18,19). The molecule has 0 unspecified atom stereocenters. The molecule has 0 saturated carbocycles. The van der Waals surface area contributed by atoms with E-state index in [1.54, 1.807) is 0 Å². The molecule has 0 aromatic heterocycles. The van der Waals surface area contributed by atoms with Gasteiger partial charge in [-0.1, -0.05) is 13.3 Å². The smallest absolute Gasteiger partial charge is 0.325 e. The van der Waals surface area contributed by atoms with E-state index in [9.17, 15) is 13.2 Å². The number of rotatable bonds is 4. The molecular formula is C12H17F3N4. The summed E-state index contributed by atoms with van der Waals surface area (Å²) in [7, 11) is 0. The van der Waals surface area contributed by atoms with Gasteiger partial charge in [0.25, 0.3) is 0 Å². The van der Waals surface area contributed by atoms with Gasteiger partial charge in [0.05, 0.1) is 5.56 Å². The van der Waals surface area contributed by atoms with E-state index in [-0.39, 0.29) is 0 Å². The van der Waals surface area contributed by atoms with Gasteiger partial charge < -0.3 is 5.32 Å². The average molecular weight is 274 g/mol. The summed E-state index contributed by atoms with van der Waals surface area (Å²) in [6.45, 7) is 2.64. The fraction of sp³-hybridized carbons (Fsp3) is 0.417. The van der Waals surface area contributed by atoms with Crippen molar-refractivity contribution in [2.24, 2.45) is 10.8 Å². The number of nitrogens with zero attached hydrogens (tertiary/aromatic N) is 1. The minimum Gasteiger partial charge on any atom is -0.325 e. The number of hydrazine groups is 1. The van der Waals surface area contributed by atoms with Gasteiger partial charge >= 0.3 is 6.18 Å². The predicted octanol–water partition coefficient (Wildman–Crippen LogP) is 2.74. The van der Waals surface area contributed by atoms with E-state index in [4.69, 9.17) is 5.84 Å². The van der Waals surface area contributed by atoms with Gasteiger partial charge in [-0.15, -0.1) is 0 Å². The fourth-order valence-electron chi connectivity index (χ4n) is 1.35. The summed E-state index contributed by atoms with van der Waals surface area (Å²) in [5, 5.41) is 2.81. The summed E-state index contributed by atoms with van der Waals surface area (Å²) in [6, 6.07) is 4.66. The van der Waals surface area contributed by atoms with Crippen LogP contribution in [0.3, 0.4) is 0 Å². The van der Waals surface area contributed by atoms with Gasteiger partial charge in [-0.2, -0.15) is 13.2 Å². The third-order valence-corrected chi connectivity index (χ3v) is 2.39. The highest BCUT2D eigenvalue weighted by Gasteiger charge is 2.29. The zero-order valence-corrected chi connectivity index (χ0v) is 10.6. The SMILES string of the molecule is CCCCN=C(NN)Nc1ccc(C(F)(F)F)cc1. The Morgan fingerprint density at radius 3 is 2.37 bits per heavy atom. The number of hydrogen-bond donors (Lipinski definition) is 3. The number of hydrogen-bond acceptors (Lipinski definition) is 2. The van der Waals surface area contributed by atoms with Crippen molar-refractivity contribution in [1.29, 1.82) is 0 Å². The Bertz CT molecular complexity index is 412. The Balaban J connectivity index is 2.68. The predicted molar refractivity (Wildman–Crippen MR) is 69.6 cm³/mol. The average Bonchev–Trinajstić information content (AvgIpc) is 2.37. The molecule has 0 atom stereocenters. The first kappa shape index (κ1) is 15.3. The van der Waals surface area contributed by atoms with E-state index in [1.807, 2.05) is 6.92 Å². The van der Waals surface area contributed by atoms with Crippen molar-refractivity contribution in [1.82, 2.24) is 5.43 Å². The Hall–Kier alpha value is -1.76. The summed E-state index contributed by atoms with van der Waals surface area (Å²) in [5.41, 5.74) is 2.17. The molecule has 19 heavy (non-hydrogen) atoms. The number of guanidine groups is 1. The maximum Gasteiger partial charge on any atom is 0.416 e. The van der Waals surface area contributed by atoms with Crippen molar-refractivity contribution in [3.8, 4) is 0 Å². The zero-order valence-electron chi connectivity index (χ0n) is 10.6. The largest absolute Gasteiger partial charge is 0.416 e. The van der Waals surface area contributed by atoms with Gasteiger partial charge in [0, 0.05) is 12.2 Å². The molecule has 0 saturated heterocycles. The van der Waals surface area contributed by atoms with Crippen LogP contribution in [0.1, 0.15) is 25.3 Å². The van der Waals surface area contributed by atoms with Crippen molar-refractivity contribution in [3.05, 3.63) is 29.8 Å². The normalized spacial score (nSPS) is 12.4. The fourth-order valence-corrected chi connectivity index (χ4v) is 1.35. The number of nitrogens with one attached hydrogen (secondary N) is 2. The molecule has 0 aliphatic heterocycles. The highest BCUT2D eigenvalue weighted by Crippen LogP contribution is 2.29. The van der Waals surface area contributed by atoms with E-state index >= 15 is 0 Å². The van der Waals surface area contributed by atoms with E-state index in [0.29, 0.717) is 18.2 Å². The molecule has 0 aliphatic carbocycles. The number of anilines is 1. The molecule has 0 spiro atoms. The van der Waals surface area contributed by atoms with Crippen molar-refractivity contribution >= 4 is 11.6 Å². The number of nitrogens with two attached hydrogens (primary N) is 1. The van der Waals surface area contributed by atoms with E-state index in [0.717, 1.165) is 25.0 Å².